The maximum Gasteiger partial charge on any atom is 0.338 e. The highest BCUT2D eigenvalue weighted by Gasteiger charge is 2.17. The van der Waals surface area contributed by atoms with Crippen LogP contribution in [-0.2, 0) is 4.74 Å². The number of carbonyl (C=O) groups is 1. The summed E-state index contributed by atoms with van der Waals surface area (Å²) in [4.78, 5) is 20.0. The van der Waals surface area contributed by atoms with Crippen LogP contribution in [0.5, 0.6) is 0 Å². The Morgan fingerprint density at radius 2 is 1.75 bits per heavy atom. The molecule has 0 saturated carbocycles. The van der Waals surface area contributed by atoms with E-state index in [4.69, 9.17) is 10.5 Å². The number of hydrogen-bond donors (Lipinski definition) is 1. The van der Waals surface area contributed by atoms with Crippen molar-refractivity contribution in [3.8, 4) is 11.3 Å². The van der Waals surface area contributed by atoms with E-state index in [9.17, 15) is 4.79 Å². The summed E-state index contributed by atoms with van der Waals surface area (Å²) in [5, 5.41) is 0. The van der Waals surface area contributed by atoms with Crippen molar-refractivity contribution in [1.82, 2.24) is 9.97 Å². The molecule has 0 amide bonds. The van der Waals surface area contributed by atoms with Crippen LogP contribution in [0.2, 0.25) is 0 Å². The van der Waals surface area contributed by atoms with E-state index in [0.29, 0.717) is 17.1 Å². The van der Waals surface area contributed by atoms with Gasteiger partial charge < -0.3 is 10.5 Å². The predicted octanol–water partition coefficient (Wildman–Crippen LogP) is 2.68. The number of esters is 1. The van der Waals surface area contributed by atoms with E-state index < -0.39 is 5.60 Å². The highest BCUT2D eigenvalue weighted by molar-refractivity contribution is 5.90. The first-order valence-electron chi connectivity index (χ1n) is 6.26. The van der Waals surface area contributed by atoms with E-state index in [2.05, 4.69) is 9.97 Å². The Labute approximate surface area is 117 Å². The average molecular weight is 271 g/mol. The number of nitrogen functional groups attached to an aromatic ring is 1. The van der Waals surface area contributed by atoms with Crippen LogP contribution in [-0.4, -0.2) is 21.5 Å². The van der Waals surface area contributed by atoms with Gasteiger partial charge in [0.25, 0.3) is 0 Å². The zero-order valence-corrected chi connectivity index (χ0v) is 11.8. The van der Waals surface area contributed by atoms with Gasteiger partial charge in [0.15, 0.2) is 0 Å². The molecule has 1 heterocycles. The van der Waals surface area contributed by atoms with Gasteiger partial charge in [0.1, 0.15) is 11.4 Å². The minimum atomic E-state index is -0.502. The second-order valence-electron chi connectivity index (χ2n) is 5.41. The summed E-state index contributed by atoms with van der Waals surface area (Å²) in [6.45, 7) is 5.51. The molecule has 5 heteroatoms. The monoisotopic (exact) mass is 271 g/mol. The molecular weight excluding hydrogens is 254 g/mol. The van der Waals surface area contributed by atoms with Gasteiger partial charge in [0.05, 0.1) is 23.7 Å². The first kappa shape index (κ1) is 14.0. The Morgan fingerprint density at radius 3 is 2.25 bits per heavy atom. The number of nitrogens with zero attached hydrogens (tertiary/aromatic N) is 2. The Bertz CT molecular complexity index is 599. The van der Waals surface area contributed by atoms with Gasteiger partial charge in [-0.25, -0.2) is 9.78 Å². The first-order chi connectivity index (χ1) is 9.35. The fraction of sp³-hybridized carbons (Fsp3) is 0.267. The van der Waals surface area contributed by atoms with Gasteiger partial charge in [-0.05, 0) is 32.9 Å². The summed E-state index contributed by atoms with van der Waals surface area (Å²) in [5.74, 6) is 0.0339. The zero-order valence-electron chi connectivity index (χ0n) is 11.8. The Hall–Kier alpha value is -2.43. The Balaban J connectivity index is 2.18. The molecule has 2 N–H and O–H groups in total. The lowest BCUT2D eigenvalue weighted by atomic mass is 10.1. The van der Waals surface area contributed by atoms with Gasteiger partial charge in [-0.15, -0.1) is 0 Å². The molecule has 5 nitrogen and oxygen atoms in total. The molecular formula is C15H17N3O2. The van der Waals surface area contributed by atoms with Crippen LogP contribution in [0.4, 0.5) is 5.82 Å². The topological polar surface area (TPSA) is 78.1 Å². The minimum absolute atomic E-state index is 0.340. The quantitative estimate of drug-likeness (QED) is 0.849. The highest BCUT2D eigenvalue weighted by Crippen LogP contribution is 2.18. The van der Waals surface area contributed by atoms with Crippen molar-refractivity contribution in [1.29, 1.82) is 0 Å². The number of nitrogens with two attached hydrogens (primary N) is 1. The standard InChI is InChI=1S/C15H17N3O2/c1-15(2,3)20-14(19)11-6-4-10(5-7-11)12-8-18-13(16)9-17-12/h4-9H,1-3H3,(H2,16,18). The molecule has 1 aromatic carbocycles. The maximum absolute atomic E-state index is 11.9. The molecule has 0 spiro atoms. The molecule has 0 atom stereocenters. The molecule has 2 aromatic rings. The number of rotatable bonds is 2. The van der Waals surface area contributed by atoms with Crippen molar-refractivity contribution in [3.63, 3.8) is 0 Å². The lowest BCUT2D eigenvalue weighted by Crippen LogP contribution is -2.23. The van der Waals surface area contributed by atoms with Crippen LogP contribution in [0.3, 0.4) is 0 Å². The van der Waals surface area contributed by atoms with Crippen LogP contribution >= 0.6 is 0 Å². The molecule has 0 unspecified atom stereocenters. The molecule has 0 fully saturated rings. The van der Waals surface area contributed by atoms with Gasteiger partial charge >= 0.3 is 5.97 Å². The molecule has 2 rings (SSSR count). The molecule has 1 aromatic heterocycles. The van der Waals surface area contributed by atoms with Gasteiger partial charge in [-0.2, -0.15) is 0 Å². The summed E-state index contributed by atoms with van der Waals surface area (Å²) >= 11 is 0. The smallest absolute Gasteiger partial charge is 0.338 e. The SMILES string of the molecule is CC(C)(C)OC(=O)c1ccc(-c2cnc(N)cn2)cc1. The minimum Gasteiger partial charge on any atom is -0.456 e. The Morgan fingerprint density at radius 1 is 1.10 bits per heavy atom. The van der Waals surface area contributed by atoms with E-state index >= 15 is 0 Å². The first-order valence-corrected chi connectivity index (χ1v) is 6.26. The van der Waals surface area contributed by atoms with Crippen LogP contribution in [0.1, 0.15) is 31.1 Å². The lowest BCUT2D eigenvalue weighted by Gasteiger charge is -2.19. The molecule has 0 radical (unpaired) electrons. The molecule has 104 valence electrons. The summed E-state index contributed by atoms with van der Waals surface area (Å²) in [6.07, 6.45) is 3.09. The van der Waals surface area contributed by atoms with Gasteiger partial charge in [-0.1, -0.05) is 12.1 Å². The van der Waals surface area contributed by atoms with Gasteiger partial charge in [-0.3, -0.25) is 4.98 Å². The predicted molar refractivity (Wildman–Crippen MR) is 77.0 cm³/mol. The third-order valence-corrected chi connectivity index (χ3v) is 2.49. The van der Waals surface area contributed by atoms with Crippen molar-refractivity contribution < 1.29 is 9.53 Å². The summed E-state index contributed by atoms with van der Waals surface area (Å²) in [6, 6.07) is 7.03. The second kappa shape index (κ2) is 5.28. The lowest BCUT2D eigenvalue weighted by molar-refractivity contribution is 0.00696. The van der Waals surface area contributed by atoms with Gasteiger partial charge in [0, 0.05) is 5.56 Å². The highest BCUT2D eigenvalue weighted by atomic mass is 16.6. The number of carbonyl (C=O) groups excluding carboxylic acids is 1. The number of aromatic nitrogens is 2. The number of ether oxygens (including phenoxy) is 1. The zero-order chi connectivity index (χ0) is 14.8. The van der Waals surface area contributed by atoms with Crippen molar-refractivity contribution in [2.24, 2.45) is 0 Å². The van der Waals surface area contributed by atoms with E-state index in [1.807, 2.05) is 20.8 Å². The molecule has 0 saturated heterocycles. The number of hydrogen-bond acceptors (Lipinski definition) is 5. The van der Waals surface area contributed by atoms with Crippen molar-refractivity contribution in [2.75, 3.05) is 5.73 Å². The van der Waals surface area contributed by atoms with E-state index in [1.54, 1.807) is 30.5 Å². The number of benzene rings is 1. The molecule has 0 aliphatic carbocycles. The van der Waals surface area contributed by atoms with Crippen molar-refractivity contribution in [3.05, 3.63) is 42.2 Å². The molecule has 0 aliphatic rings. The summed E-state index contributed by atoms with van der Waals surface area (Å²) < 4.78 is 5.30. The molecule has 0 bridgehead atoms. The third-order valence-electron chi connectivity index (χ3n) is 2.49. The van der Waals surface area contributed by atoms with E-state index in [0.717, 1.165) is 5.56 Å². The van der Waals surface area contributed by atoms with E-state index in [1.165, 1.54) is 6.20 Å². The van der Waals surface area contributed by atoms with Crippen molar-refractivity contribution >= 4 is 11.8 Å². The van der Waals surface area contributed by atoms with E-state index in [-0.39, 0.29) is 5.97 Å². The van der Waals surface area contributed by atoms with Crippen LogP contribution < -0.4 is 5.73 Å². The number of anilines is 1. The summed E-state index contributed by atoms with van der Waals surface area (Å²) in [5.41, 5.74) is 7.07. The maximum atomic E-state index is 11.9. The molecule has 20 heavy (non-hydrogen) atoms. The normalized spacial score (nSPS) is 11.2. The fourth-order valence-electron chi connectivity index (χ4n) is 1.60. The Kier molecular flexibility index (Phi) is 3.70. The summed E-state index contributed by atoms with van der Waals surface area (Å²) in [7, 11) is 0. The third kappa shape index (κ3) is 3.54. The van der Waals surface area contributed by atoms with Crippen LogP contribution in [0, 0.1) is 0 Å². The van der Waals surface area contributed by atoms with Crippen molar-refractivity contribution in [2.45, 2.75) is 26.4 Å². The fourth-order valence-corrected chi connectivity index (χ4v) is 1.60. The average Bonchev–Trinajstić information content (AvgIpc) is 2.38. The van der Waals surface area contributed by atoms with Gasteiger partial charge in [0.2, 0.25) is 0 Å². The molecule has 0 aliphatic heterocycles. The van der Waals surface area contributed by atoms with Crippen LogP contribution in [0.25, 0.3) is 11.3 Å². The van der Waals surface area contributed by atoms with Crippen LogP contribution in [0.15, 0.2) is 36.7 Å². The largest absolute Gasteiger partial charge is 0.456 e. The second-order valence-corrected chi connectivity index (χ2v) is 5.41.